The minimum atomic E-state index is -0.00883. The van der Waals surface area contributed by atoms with Crippen LogP contribution in [-0.4, -0.2) is 18.1 Å². The van der Waals surface area contributed by atoms with Crippen molar-refractivity contribution in [1.29, 1.82) is 5.26 Å². The van der Waals surface area contributed by atoms with Crippen LogP contribution >= 0.6 is 0 Å². The van der Waals surface area contributed by atoms with Crippen molar-refractivity contribution in [2.75, 3.05) is 18.0 Å². The zero-order chi connectivity index (χ0) is 17.2. The summed E-state index contributed by atoms with van der Waals surface area (Å²) in [5.41, 5.74) is 3.14. The molecule has 0 saturated carbocycles. The molecule has 124 valence electrons. The molecular formula is C21H25N3. The van der Waals surface area contributed by atoms with Gasteiger partial charge in [-0.2, -0.15) is 5.26 Å². The normalized spacial score (nSPS) is 16.0. The van der Waals surface area contributed by atoms with Crippen molar-refractivity contribution in [1.82, 2.24) is 4.98 Å². The lowest BCUT2D eigenvalue weighted by atomic mass is 9.89. The highest BCUT2D eigenvalue weighted by Gasteiger charge is 2.25. The highest BCUT2D eigenvalue weighted by atomic mass is 15.2. The quantitative estimate of drug-likeness (QED) is 0.810. The van der Waals surface area contributed by atoms with E-state index in [1.165, 1.54) is 5.56 Å². The molecule has 3 nitrogen and oxygen atoms in total. The summed E-state index contributed by atoms with van der Waals surface area (Å²) in [6, 6.07) is 17.0. The number of anilines is 1. The van der Waals surface area contributed by atoms with Gasteiger partial charge in [-0.15, -0.1) is 0 Å². The van der Waals surface area contributed by atoms with Crippen LogP contribution in [0.5, 0.6) is 0 Å². The lowest BCUT2D eigenvalue weighted by Crippen LogP contribution is -2.34. The SMILES string of the molecule is CC(C)(C)c1ccc(C#N)c(N2CCC(c3ccccc3)CC2)n1. The number of piperidine rings is 1. The number of rotatable bonds is 2. The first-order valence-electron chi connectivity index (χ1n) is 8.70. The van der Waals surface area contributed by atoms with Gasteiger partial charge in [0.2, 0.25) is 0 Å². The van der Waals surface area contributed by atoms with E-state index in [0.29, 0.717) is 11.5 Å². The number of nitrogens with zero attached hydrogens (tertiary/aromatic N) is 3. The molecule has 0 N–H and O–H groups in total. The van der Waals surface area contributed by atoms with E-state index in [1.807, 2.05) is 12.1 Å². The van der Waals surface area contributed by atoms with Gasteiger partial charge in [-0.3, -0.25) is 0 Å². The molecule has 1 aromatic heterocycles. The van der Waals surface area contributed by atoms with Crippen LogP contribution < -0.4 is 4.90 Å². The summed E-state index contributed by atoms with van der Waals surface area (Å²) < 4.78 is 0. The van der Waals surface area contributed by atoms with Gasteiger partial charge in [-0.1, -0.05) is 51.1 Å². The third kappa shape index (κ3) is 3.43. The zero-order valence-corrected chi connectivity index (χ0v) is 14.8. The molecule has 0 atom stereocenters. The first-order valence-corrected chi connectivity index (χ1v) is 8.70. The lowest BCUT2D eigenvalue weighted by molar-refractivity contribution is 0.499. The van der Waals surface area contributed by atoms with Crippen molar-refractivity contribution in [2.24, 2.45) is 0 Å². The summed E-state index contributed by atoms with van der Waals surface area (Å²) in [7, 11) is 0. The van der Waals surface area contributed by atoms with Gasteiger partial charge >= 0.3 is 0 Å². The minimum Gasteiger partial charge on any atom is -0.355 e. The summed E-state index contributed by atoms with van der Waals surface area (Å²) in [5, 5.41) is 9.46. The molecule has 1 aliphatic rings. The van der Waals surface area contributed by atoms with Gasteiger partial charge in [0.15, 0.2) is 0 Å². The molecule has 0 spiro atoms. The molecule has 2 aromatic rings. The van der Waals surface area contributed by atoms with E-state index in [9.17, 15) is 5.26 Å². The molecule has 0 unspecified atom stereocenters. The van der Waals surface area contributed by atoms with Gasteiger partial charge in [0, 0.05) is 24.2 Å². The Morgan fingerprint density at radius 2 is 1.71 bits per heavy atom. The highest BCUT2D eigenvalue weighted by Crippen LogP contribution is 2.32. The van der Waals surface area contributed by atoms with Crippen molar-refractivity contribution in [3.05, 3.63) is 59.3 Å². The van der Waals surface area contributed by atoms with Crippen LogP contribution in [0.2, 0.25) is 0 Å². The van der Waals surface area contributed by atoms with Gasteiger partial charge < -0.3 is 4.90 Å². The molecule has 24 heavy (non-hydrogen) atoms. The smallest absolute Gasteiger partial charge is 0.146 e. The number of pyridine rings is 1. The summed E-state index contributed by atoms with van der Waals surface area (Å²) in [4.78, 5) is 7.12. The van der Waals surface area contributed by atoms with Crippen LogP contribution in [0, 0.1) is 11.3 Å². The molecule has 0 aliphatic carbocycles. The maximum Gasteiger partial charge on any atom is 0.146 e. The van der Waals surface area contributed by atoms with E-state index >= 15 is 0 Å². The molecule has 0 bridgehead atoms. The Morgan fingerprint density at radius 3 is 2.29 bits per heavy atom. The fourth-order valence-electron chi connectivity index (χ4n) is 3.34. The molecule has 0 radical (unpaired) electrons. The van der Waals surface area contributed by atoms with E-state index < -0.39 is 0 Å². The predicted molar refractivity (Wildman–Crippen MR) is 98.3 cm³/mol. The maximum atomic E-state index is 9.46. The second kappa shape index (κ2) is 6.65. The van der Waals surface area contributed by atoms with Crippen LogP contribution in [0.3, 0.4) is 0 Å². The fraction of sp³-hybridized carbons (Fsp3) is 0.429. The third-order valence-electron chi connectivity index (χ3n) is 4.83. The molecule has 2 heterocycles. The predicted octanol–water partition coefficient (Wildman–Crippen LogP) is 4.63. The van der Waals surface area contributed by atoms with Crippen LogP contribution in [0.15, 0.2) is 42.5 Å². The maximum absolute atomic E-state index is 9.46. The Bertz CT molecular complexity index is 730. The van der Waals surface area contributed by atoms with Crippen molar-refractivity contribution in [3.8, 4) is 6.07 Å². The molecule has 1 aromatic carbocycles. The topological polar surface area (TPSA) is 39.9 Å². The second-order valence-electron chi connectivity index (χ2n) is 7.60. The van der Waals surface area contributed by atoms with Crippen molar-refractivity contribution in [2.45, 2.75) is 44.9 Å². The van der Waals surface area contributed by atoms with Gasteiger partial charge in [0.1, 0.15) is 11.9 Å². The highest BCUT2D eigenvalue weighted by molar-refractivity contribution is 5.55. The molecular weight excluding hydrogens is 294 g/mol. The molecule has 1 aliphatic heterocycles. The van der Waals surface area contributed by atoms with Crippen molar-refractivity contribution < 1.29 is 0 Å². The number of hydrogen-bond donors (Lipinski definition) is 0. The average Bonchev–Trinajstić information content (AvgIpc) is 2.61. The lowest BCUT2D eigenvalue weighted by Gasteiger charge is -2.34. The first kappa shape index (κ1) is 16.5. The second-order valence-corrected chi connectivity index (χ2v) is 7.60. The summed E-state index contributed by atoms with van der Waals surface area (Å²) in [6.07, 6.45) is 2.21. The number of nitriles is 1. The Balaban J connectivity index is 1.80. The number of hydrogen-bond acceptors (Lipinski definition) is 3. The van der Waals surface area contributed by atoms with Crippen LogP contribution in [0.4, 0.5) is 5.82 Å². The Labute approximate surface area is 145 Å². The van der Waals surface area contributed by atoms with Gasteiger partial charge in [-0.05, 0) is 36.5 Å². The van der Waals surface area contributed by atoms with Gasteiger partial charge in [0.25, 0.3) is 0 Å². The number of aromatic nitrogens is 1. The molecule has 1 fully saturated rings. The van der Waals surface area contributed by atoms with Gasteiger partial charge in [-0.25, -0.2) is 4.98 Å². The minimum absolute atomic E-state index is 0.00883. The molecule has 3 rings (SSSR count). The fourth-order valence-corrected chi connectivity index (χ4v) is 3.34. The van der Waals surface area contributed by atoms with Crippen LogP contribution in [0.25, 0.3) is 0 Å². The van der Waals surface area contributed by atoms with E-state index in [4.69, 9.17) is 4.98 Å². The van der Waals surface area contributed by atoms with Crippen LogP contribution in [0.1, 0.15) is 56.4 Å². The van der Waals surface area contributed by atoms with E-state index in [1.54, 1.807) is 0 Å². The summed E-state index contributed by atoms with van der Waals surface area (Å²) in [5.74, 6) is 1.47. The number of benzene rings is 1. The summed E-state index contributed by atoms with van der Waals surface area (Å²) >= 11 is 0. The molecule has 3 heteroatoms. The standard InChI is InChI=1S/C21H25N3/c1-21(2,3)19-10-9-18(15-22)20(23-19)24-13-11-17(12-14-24)16-7-5-4-6-8-16/h4-10,17H,11-14H2,1-3H3. The summed E-state index contributed by atoms with van der Waals surface area (Å²) in [6.45, 7) is 8.38. The Morgan fingerprint density at radius 1 is 1.04 bits per heavy atom. The van der Waals surface area contributed by atoms with E-state index in [2.05, 4.69) is 62.1 Å². The molecule has 1 saturated heterocycles. The Kier molecular flexibility index (Phi) is 4.57. The van der Waals surface area contributed by atoms with Gasteiger partial charge in [0.05, 0.1) is 5.56 Å². The average molecular weight is 319 g/mol. The Hall–Kier alpha value is -2.34. The van der Waals surface area contributed by atoms with E-state index in [0.717, 1.165) is 37.4 Å². The third-order valence-corrected chi connectivity index (χ3v) is 4.83. The first-order chi connectivity index (χ1) is 11.5. The van der Waals surface area contributed by atoms with Crippen LogP contribution in [-0.2, 0) is 5.41 Å². The van der Waals surface area contributed by atoms with Crippen molar-refractivity contribution >= 4 is 5.82 Å². The van der Waals surface area contributed by atoms with E-state index in [-0.39, 0.29) is 5.41 Å². The monoisotopic (exact) mass is 319 g/mol. The zero-order valence-electron chi connectivity index (χ0n) is 14.8. The largest absolute Gasteiger partial charge is 0.355 e. The van der Waals surface area contributed by atoms with Crippen molar-refractivity contribution in [3.63, 3.8) is 0 Å². The molecule has 0 amide bonds.